The molecule has 1 aliphatic rings. The molecular weight excluding hydrogens is 381 g/mol. The van der Waals surface area contributed by atoms with Gasteiger partial charge in [0.05, 0.1) is 11.3 Å². The van der Waals surface area contributed by atoms with Crippen molar-refractivity contribution in [3.8, 4) is 5.75 Å². The summed E-state index contributed by atoms with van der Waals surface area (Å²) < 4.78 is 44.3. The minimum absolute atomic E-state index is 0.240. The molecule has 0 spiro atoms. The summed E-state index contributed by atoms with van der Waals surface area (Å²) in [5.41, 5.74) is 4.90. The summed E-state index contributed by atoms with van der Waals surface area (Å²) in [5, 5.41) is 0.559. The predicted molar refractivity (Wildman–Crippen MR) is 97.3 cm³/mol. The number of rotatable bonds is 4. The van der Waals surface area contributed by atoms with E-state index in [4.69, 9.17) is 16.3 Å². The van der Waals surface area contributed by atoms with Gasteiger partial charge >= 0.3 is 6.18 Å². The Bertz CT molecular complexity index is 923. The van der Waals surface area contributed by atoms with Crippen molar-refractivity contribution in [2.75, 3.05) is 12.0 Å². The molecule has 8 heteroatoms. The number of benzene rings is 2. The summed E-state index contributed by atoms with van der Waals surface area (Å²) in [6.45, 7) is 0.267. The van der Waals surface area contributed by atoms with Gasteiger partial charge in [-0.25, -0.2) is 0 Å². The van der Waals surface area contributed by atoms with Crippen LogP contribution in [0.1, 0.15) is 11.1 Å². The minimum atomic E-state index is -4.52. The van der Waals surface area contributed by atoms with Crippen LogP contribution in [-0.4, -0.2) is 12.5 Å². The van der Waals surface area contributed by atoms with E-state index in [0.29, 0.717) is 10.8 Å². The smallest absolute Gasteiger partial charge is 0.418 e. The third-order valence-corrected chi connectivity index (χ3v) is 3.94. The summed E-state index contributed by atoms with van der Waals surface area (Å²) >= 11 is 5.94. The molecule has 2 aromatic rings. The average molecular weight is 395 g/mol. The van der Waals surface area contributed by atoms with E-state index in [-0.39, 0.29) is 12.3 Å². The minimum Gasteiger partial charge on any atom is -0.488 e. The average Bonchev–Trinajstić information content (AvgIpc) is 2.63. The lowest BCUT2D eigenvalue weighted by Crippen LogP contribution is -2.29. The van der Waals surface area contributed by atoms with E-state index >= 15 is 0 Å². The SMILES string of the molecule is O=C(C=CC1=Cc2cc(Cl)ccc2OC1)NNc1ccccc1C(F)(F)F. The van der Waals surface area contributed by atoms with Crippen LogP contribution < -0.4 is 15.6 Å². The molecule has 0 radical (unpaired) electrons. The number of hydrogen-bond acceptors (Lipinski definition) is 3. The Morgan fingerprint density at radius 3 is 2.74 bits per heavy atom. The molecule has 0 atom stereocenters. The molecule has 0 saturated carbocycles. The zero-order chi connectivity index (χ0) is 19.4. The lowest BCUT2D eigenvalue weighted by atomic mass is 10.1. The molecule has 0 bridgehead atoms. The van der Waals surface area contributed by atoms with E-state index < -0.39 is 17.6 Å². The second-order valence-corrected chi connectivity index (χ2v) is 6.12. The molecule has 0 saturated heterocycles. The third-order valence-electron chi connectivity index (χ3n) is 3.71. The molecule has 2 N–H and O–H groups in total. The molecular formula is C19H14ClF3N2O2. The van der Waals surface area contributed by atoms with Crippen LogP contribution in [0.25, 0.3) is 6.08 Å². The van der Waals surface area contributed by atoms with E-state index in [0.717, 1.165) is 17.2 Å². The highest BCUT2D eigenvalue weighted by atomic mass is 35.5. The quantitative estimate of drug-likeness (QED) is 0.576. The van der Waals surface area contributed by atoms with Crippen molar-refractivity contribution < 1.29 is 22.7 Å². The summed E-state index contributed by atoms with van der Waals surface area (Å²) in [5.74, 6) is 0.0798. The number of hydrazine groups is 1. The van der Waals surface area contributed by atoms with Crippen LogP contribution in [0, 0.1) is 0 Å². The summed E-state index contributed by atoms with van der Waals surface area (Å²) in [6.07, 6.45) is 0.0222. The zero-order valence-electron chi connectivity index (χ0n) is 13.8. The zero-order valence-corrected chi connectivity index (χ0v) is 14.6. The Morgan fingerprint density at radius 2 is 1.96 bits per heavy atom. The Labute approximate surface area is 158 Å². The van der Waals surface area contributed by atoms with Crippen LogP contribution in [0.15, 0.2) is 60.2 Å². The fourth-order valence-corrected chi connectivity index (χ4v) is 2.64. The molecule has 140 valence electrons. The lowest BCUT2D eigenvalue weighted by molar-refractivity contribution is -0.137. The first kappa shape index (κ1) is 18.8. The number of alkyl halides is 3. The van der Waals surface area contributed by atoms with Gasteiger partial charge in [0.2, 0.25) is 0 Å². The van der Waals surface area contributed by atoms with E-state index in [1.807, 2.05) is 6.08 Å². The number of ether oxygens (including phenoxy) is 1. The number of carbonyl (C=O) groups excluding carboxylic acids is 1. The van der Waals surface area contributed by atoms with Crippen molar-refractivity contribution in [1.82, 2.24) is 5.43 Å². The normalized spacial score (nSPS) is 13.6. The Balaban J connectivity index is 1.64. The first-order valence-corrected chi connectivity index (χ1v) is 8.24. The topological polar surface area (TPSA) is 50.4 Å². The van der Waals surface area contributed by atoms with Crippen molar-refractivity contribution in [3.63, 3.8) is 0 Å². The lowest BCUT2D eigenvalue weighted by Gasteiger charge is -2.16. The standard InChI is InChI=1S/C19H14ClF3N2O2/c20-14-6-7-17-13(10-14)9-12(11-27-17)5-8-18(26)25-24-16-4-2-1-3-15(16)19(21,22)23/h1-10,24H,11H2,(H,25,26). The van der Waals surface area contributed by atoms with Crippen molar-refractivity contribution in [2.45, 2.75) is 6.18 Å². The number of hydrogen-bond donors (Lipinski definition) is 2. The summed E-state index contributed by atoms with van der Waals surface area (Å²) in [4.78, 5) is 11.9. The van der Waals surface area contributed by atoms with Gasteiger partial charge in [-0.3, -0.25) is 15.6 Å². The molecule has 2 aromatic carbocycles. The molecule has 1 heterocycles. The Morgan fingerprint density at radius 1 is 1.19 bits per heavy atom. The number of anilines is 1. The summed E-state index contributed by atoms with van der Waals surface area (Å²) in [6, 6.07) is 10.1. The van der Waals surface area contributed by atoms with E-state index in [1.165, 1.54) is 30.4 Å². The number of halogens is 4. The largest absolute Gasteiger partial charge is 0.488 e. The maximum Gasteiger partial charge on any atom is 0.418 e. The van der Waals surface area contributed by atoms with Crippen molar-refractivity contribution in [2.24, 2.45) is 0 Å². The molecule has 4 nitrogen and oxygen atoms in total. The molecule has 1 aliphatic heterocycles. The van der Waals surface area contributed by atoms with Crippen LogP contribution in [0.5, 0.6) is 5.75 Å². The fraction of sp³-hybridized carbons (Fsp3) is 0.105. The van der Waals surface area contributed by atoms with Gasteiger partial charge in [-0.1, -0.05) is 29.8 Å². The van der Waals surface area contributed by atoms with Gasteiger partial charge in [-0.05, 0) is 42.0 Å². The van der Waals surface area contributed by atoms with Gasteiger partial charge in [0.15, 0.2) is 0 Å². The van der Waals surface area contributed by atoms with Gasteiger partial charge < -0.3 is 4.74 Å². The third kappa shape index (κ3) is 4.83. The molecule has 3 rings (SSSR count). The van der Waals surface area contributed by atoms with Gasteiger partial charge in [0.1, 0.15) is 12.4 Å². The molecule has 0 fully saturated rings. The predicted octanol–water partition coefficient (Wildman–Crippen LogP) is 4.83. The fourth-order valence-electron chi connectivity index (χ4n) is 2.45. The Hall–Kier alpha value is -2.93. The van der Waals surface area contributed by atoms with Crippen molar-refractivity contribution in [3.05, 3.63) is 76.3 Å². The van der Waals surface area contributed by atoms with E-state index in [2.05, 4.69) is 10.9 Å². The van der Waals surface area contributed by atoms with Gasteiger partial charge in [0.25, 0.3) is 5.91 Å². The van der Waals surface area contributed by atoms with Crippen LogP contribution in [-0.2, 0) is 11.0 Å². The number of carbonyl (C=O) groups is 1. The number of para-hydroxylation sites is 1. The molecule has 0 aromatic heterocycles. The molecule has 0 aliphatic carbocycles. The highest BCUT2D eigenvalue weighted by molar-refractivity contribution is 6.30. The van der Waals surface area contributed by atoms with E-state index in [9.17, 15) is 18.0 Å². The number of nitrogens with one attached hydrogen (secondary N) is 2. The van der Waals surface area contributed by atoms with E-state index in [1.54, 1.807) is 18.2 Å². The van der Waals surface area contributed by atoms with Gasteiger partial charge in [0, 0.05) is 16.7 Å². The maximum atomic E-state index is 12.9. The maximum absolute atomic E-state index is 12.9. The highest BCUT2D eigenvalue weighted by Gasteiger charge is 2.33. The van der Waals surface area contributed by atoms with Crippen molar-refractivity contribution in [1.29, 1.82) is 0 Å². The molecule has 27 heavy (non-hydrogen) atoms. The Kier molecular flexibility index (Phi) is 5.41. The first-order valence-electron chi connectivity index (χ1n) is 7.86. The van der Waals surface area contributed by atoms with Crippen LogP contribution in [0.3, 0.4) is 0 Å². The highest BCUT2D eigenvalue weighted by Crippen LogP contribution is 2.34. The number of amides is 1. The van der Waals surface area contributed by atoms with Crippen LogP contribution in [0.4, 0.5) is 18.9 Å². The molecule has 1 amide bonds. The van der Waals surface area contributed by atoms with Gasteiger partial charge in [-0.15, -0.1) is 0 Å². The first-order chi connectivity index (χ1) is 12.8. The van der Waals surface area contributed by atoms with Crippen molar-refractivity contribution >= 4 is 29.3 Å². The summed E-state index contributed by atoms with van der Waals surface area (Å²) in [7, 11) is 0. The second kappa shape index (κ2) is 7.75. The van der Waals surface area contributed by atoms with Crippen LogP contribution in [0.2, 0.25) is 5.02 Å². The van der Waals surface area contributed by atoms with Crippen LogP contribution >= 0.6 is 11.6 Å². The number of fused-ring (bicyclic) bond motifs is 1. The molecule has 0 unspecified atom stereocenters. The second-order valence-electron chi connectivity index (χ2n) is 5.68. The monoisotopic (exact) mass is 394 g/mol. The van der Waals surface area contributed by atoms with Gasteiger partial charge in [-0.2, -0.15) is 13.2 Å².